The van der Waals surface area contributed by atoms with Crippen LogP contribution >= 0.6 is 0 Å². The van der Waals surface area contributed by atoms with Crippen LogP contribution in [0.15, 0.2) is 29.3 Å². The Balaban J connectivity index is 2.03. The van der Waals surface area contributed by atoms with Gasteiger partial charge in [-0.1, -0.05) is 12.1 Å². The van der Waals surface area contributed by atoms with E-state index in [0.717, 1.165) is 5.56 Å². The molecule has 1 aliphatic rings. The number of rotatable bonds is 4. The minimum absolute atomic E-state index is 0.0263. The molecule has 1 aliphatic heterocycles. The van der Waals surface area contributed by atoms with Crippen molar-refractivity contribution in [1.82, 2.24) is 10.6 Å². The van der Waals surface area contributed by atoms with Gasteiger partial charge in [0.25, 0.3) is 5.91 Å². The molecule has 20 heavy (non-hydrogen) atoms. The molecule has 4 N–H and O–H groups in total. The molecule has 1 amide bonds. The average Bonchev–Trinajstić information content (AvgIpc) is 2.46. The summed E-state index contributed by atoms with van der Waals surface area (Å²) in [6, 6.07) is 6.54. The second-order valence-electron chi connectivity index (χ2n) is 4.21. The molecule has 0 fully saturated rings. The summed E-state index contributed by atoms with van der Waals surface area (Å²) >= 11 is 0. The standard InChI is InChI=1S/C12H14N4O4/c17-10(18)5-13-12(19)9-3-1-8(2-4-9)11-14-6-16(20)7-15-11/h1-4,16H,5-7H2,(H,13,19)(H,14,15)(H,17,18). The summed E-state index contributed by atoms with van der Waals surface area (Å²) in [7, 11) is 0. The van der Waals surface area contributed by atoms with Crippen LogP contribution in [0.5, 0.6) is 0 Å². The summed E-state index contributed by atoms with van der Waals surface area (Å²) in [5.41, 5.74) is 1.13. The molecule has 0 aromatic heterocycles. The van der Waals surface area contributed by atoms with Crippen molar-refractivity contribution >= 4 is 17.7 Å². The minimum Gasteiger partial charge on any atom is -0.632 e. The van der Waals surface area contributed by atoms with Crippen LogP contribution < -0.4 is 15.7 Å². The van der Waals surface area contributed by atoms with Crippen LogP contribution in [-0.4, -0.2) is 42.7 Å². The summed E-state index contributed by atoms with van der Waals surface area (Å²) in [4.78, 5) is 26.1. The normalized spacial score (nSPS) is 17.9. The molecule has 0 aliphatic carbocycles. The summed E-state index contributed by atoms with van der Waals surface area (Å²) in [6.45, 7) is -0.0141. The molecular weight excluding hydrogens is 264 g/mol. The Morgan fingerprint density at radius 3 is 2.65 bits per heavy atom. The lowest BCUT2D eigenvalue weighted by Crippen LogP contribution is -3.10. The van der Waals surface area contributed by atoms with E-state index in [2.05, 4.69) is 15.6 Å². The smallest absolute Gasteiger partial charge is 0.322 e. The van der Waals surface area contributed by atoms with E-state index < -0.39 is 18.4 Å². The predicted octanol–water partition coefficient (Wildman–Crippen LogP) is -1.85. The van der Waals surface area contributed by atoms with Gasteiger partial charge in [0.05, 0.1) is 0 Å². The number of amidine groups is 1. The summed E-state index contributed by atoms with van der Waals surface area (Å²) in [5, 5.41) is 24.7. The van der Waals surface area contributed by atoms with Crippen LogP contribution in [0.1, 0.15) is 15.9 Å². The number of carboxylic acids is 1. The molecule has 1 aromatic rings. The minimum atomic E-state index is -1.10. The lowest BCUT2D eigenvalue weighted by Gasteiger charge is -2.26. The highest BCUT2D eigenvalue weighted by atomic mass is 16.5. The van der Waals surface area contributed by atoms with Crippen molar-refractivity contribution in [2.24, 2.45) is 4.99 Å². The zero-order valence-electron chi connectivity index (χ0n) is 10.5. The summed E-state index contributed by atoms with van der Waals surface area (Å²) in [6.07, 6.45) is 0. The molecule has 8 nitrogen and oxygen atoms in total. The molecule has 0 radical (unpaired) electrons. The van der Waals surface area contributed by atoms with Gasteiger partial charge in [-0.05, 0) is 12.1 Å². The number of carboxylic acid groups (broad SMARTS) is 1. The average molecular weight is 278 g/mol. The number of carbonyl (C=O) groups excluding carboxylic acids is 1. The van der Waals surface area contributed by atoms with E-state index in [1.165, 1.54) is 0 Å². The summed E-state index contributed by atoms with van der Waals surface area (Å²) in [5.74, 6) is -0.935. The van der Waals surface area contributed by atoms with E-state index >= 15 is 0 Å². The number of hydrogen-bond acceptors (Lipinski definition) is 5. The fourth-order valence-electron chi connectivity index (χ4n) is 1.69. The van der Waals surface area contributed by atoms with E-state index in [4.69, 9.17) is 5.11 Å². The number of aliphatic carboxylic acids is 1. The Morgan fingerprint density at radius 2 is 2.10 bits per heavy atom. The Hall–Kier alpha value is -2.45. The molecule has 0 bridgehead atoms. The molecular formula is C12H14N4O4. The maximum atomic E-state index is 11.6. The number of nitrogens with zero attached hydrogens (tertiary/aromatic N) is 1. The SMILES string of the molecule is O=C(O)CNC(=O)c1ccc(C2=NC[NH+]([O-])CN2)cc1. The highest BCUT2D eigenvalue weighted by molar-refractivity contribution is 6.01. The predicted molar refractivity (Wildman–Crippen MR) is 70.1 cm³/mol. The van der Waals surface area contributed by atoms with Gasteiger partial charge in [-0.25, -0.2) is 4.99 Å². The number of carbonyl (C=O) groups is 2. The van der Waals surface area contributed by atoms with Crippen LogP contribution in [0.3, 0.4) is 0 Å². The largest absolute Gasteiger partial charge is 0.632 e. The van der Waals surface area contributed by atoms with Crippen molar-refractivity contribution in [1.29, 1.82) is 0 Å². The van der Waals surface area contributed by atoms with Crippen molar-refractivity contribution < 1.29 is 19.8 Å². The van der Waals surface area contributed by atoms with Gasteiger partial charge in [0.2, 0.25) is 0 Å². The molecule has 1 aromatic carbocycles. The van der Waals surface area contributed by atoms with Gasteiger partial charge < -0.3 is 26.0 Å². The first kappa shape index (κ1) is 14.0. The Labute approximate surface area is 114 Å². The number of hydroxylamine groups is 2. The van der Waals surface area contributed by atoms with E-state index in [0.29, 0.717) is 11.4 Å². The first-order valence-corrected chi connectivity index (χ1v) is 5.96. The maximum Gasteiger partial charge on any atom is 0.322 e. The quantitative estimate of drug-likeness (QED) is 0.482. The van der Waals surface area contributed by atoms with Crippen molar-refractivity contribution in [3.8, 4) is 0 Å². The van der Waals surface area contributed by atoms with Gasteiger partial charge in [-0.15, -0.1) is 0 Å². The van der Waals surface area contributed by atoms with Crippen molar-refractivity contribution in [3.05, 3.63) is 40.6 Å². The fraction of sp³-hybridized carbons (Fsp3) is 0.250. The van der Waals surface area contributed by atoms with Crippen LogP contribution in [0.4, 0.5) is 0 Å². The third-order valence-corrected chi connectivity index (χ3v) is 2.69. The zero-order chi connectivity index (χ0) is 14.5. The van der Waals surface area contributed by atoms with Gasteiger partial charge in [0.1, 0.15) is 12.4 Å². The molecule has 0 spiro atoms. The van der Waals surface area contributed by atoms with Crippen LogP contribution in [0.25, 0.3) is 0 Å². The molecule has 8 heteroatoms. The second kappa shape index (κ2) is 6.13. The number of aliphatic imine (C=N–C) groups is 1. The molecule has 0 saturated heterocycles. The van der Waals surface area contributed by atoms with Gasteiger partial charge in [0.15, 0.2) is 13.3 Å². The number of quaternary nitrogens is 1. The number of hydrogen-bond donors (Lipinski definition) is 4. The third kappa shape index (κ3) is 3.53. The Kier molecular flexibility index (Phi) is 4.28. The van der Waals surface area contributed by atoms with Crippen molar-refractivity contribution in [3.63, 3.8) is 0 Å². The number of nitrogens with one attached hydrogen (secondary N) is 3. The first-order valence-electron chi connectivity index (χ1n) is 5.96. The van der Waals surface area contributed by atoms with Crippen LogP contribution in [0.2, 0.25) is 0 Å². The monoisotopic (exact) mass is 278 g/mol. The molecule has 106 valence electrons. The van der Waals surface area contributed by atoms with Gasteiger partial charge in [-0.3, -0.25) is 9.59 Å². The summed E-state index contributed by atoms with van der Waals surface area (Å²) < 4.78 is 0. The Morgan fingerprint density at radius 1 is 1.40 bits per heavy atom. The van der Waals surface area contributed by atoms with Crippen molar-refractivity contribution in [2.45, 2.75) is 0 Å². The van der Waals surface area contributed by atoms with Crippen molar-refractivity contribution in [2.75, 3.05) is 19.9 Å². The van der Waals surface area contributed by atoms with E-state index in [1.54, 1.807) is 24.3 Å². The zero-order valence-corrected chi connectivity index (χ0v) is 10.5. The molecule has 0 saturated carbocycles. The lowest BCUT2D eigenvalue weighted by molar-refractivity contribution is -0.851. The van der Waals surface area contributed by atoms with Gasteiger partial charge in [-0.2, -0.15) is 0 Å². The molecule has 2 rings (SSSR count). The Bertz CT molecular complexity index is 541. The molecule has 1 unspecified atom stereocenters. The van der Waals surface area contributed by atoms with E-state index in [-0.39, 0.29) is 18.4 Å². The van der Waals surface area contributed by atoms with Gasteiger partial charge >= 0.3 is 5.97 Å². The number of benzene rings is 1. The topological polar surface area (TPSA) is 118 Å². The second-order valence-corrected chi connectivity index (χ2v) is 4.21. The van der Waals surface area contributed by atoms with E-state index in [9.17, 15) is 14.8 Å². The number of amides is 1. The van der Waals surface area contributed by atoms with E-state index in [1.807, 2.05) is 0 Å². The first-order chi connectivity index (χ1) is 9.56. The fourth-order valence-corrected chi connectivity index (χ4v) is 1.69. The highest BCUT2D eigenvalue weighted by Gasteiger charge is 2.12. The lowest BCUT2D eigenvalue weighted by atomic mass is 10.1. The molecule has 1 heterocycles. The van der Waals surface area contributed by atoms with Gasteiger partial charge in [0, 0.05) is 11.1 Å². The van der Waals surface area contributed by atoms with Crippen LogP contribution in [-0.2, 0) is 4.79 Å². The highest BCUT2D eigenvalue weighted by Crippen LogP contribution is 2.05. The molecule has 1 atom stereocenters. The third-order valence-electron chi connectivity index (χ3n) is 2.69. The van der Waals surface area contributed by atoms with Crippen LogP contribution in [0, 0.1) is 5.21 Å². The maximum absolute atomic E-state index is 11.6.